The molecule has 0 saturated heterocycles. The van der Waals surface area contributed by atoms with Gasteiger partial charge in [0.25, 0.3) is 0 Å². The van der Waals surface area contributed by atoms with Gasteiger partial charge in [0.2, 0.25) is 0 Å². The number of Topliss-reactive ketones (excluding diaryl/α,β-unsaturated/α-hetero) is 1. The molecule has 0 aliphatic carbocycles. The highest BCUT2D eigenvalue weighted by Gasteiger charge is 2.48. The molecule has 2 heterocycles. The number of carbonyl (C=O) groups excluding carboxylic acids is 1. The van der Waals surface area contributed by atoms with Crippen molar-refractivity contribution < 1.29 is 14.3 Å². The molecular weight excluding hydrogens is 534 g/mol. The van der Waals surface area contributed by atoms with Crippen LogP contribution in [0.5, 0.6) is 11.5 Å². The van der Waals surface area contributed by atoms with Gasteiger partial charge in [0, 0.05) is 29.2 Å². The Morgan fingerprint density at radius 1 is 0.791 bits per heavy atom. The zero-order valence-corrected chi connectivity index (χ0v) is 24.5. The van der Waals surface area contributed by atoms with Crippen molar-refractivity contribution >= 4 is 17.2 Å². The third kappa shape index (κ3) is 5.61. The number of carbonyl (C=O) groups is 1. The molecular formula is C37H35N3O3. The van der Waals surface area contributed by atoms with Gasteiger partial charge >= 0.3 is 0 Å². The summed E-state index contributed by atoms with van der Waals surface area (Å²) < 4.78 is 12.4. The van der Waals surface area contributed by atoms with Crippen LogP contribution in [-0.4, -0.2) is 35.0 Å². The Balaban J connectivity index is 1.61. The second-order valence-electron chi connectivity index (χ2n) is 10.5. The topological polar surface area (TPSA) is 64.5 Å². The molecule has 43 heavy (non-hydrogen) atoms. The number of hydrogen-bond acceptors (Lipinski definition) is 6. The van der Waals surface area contributed by atoms with E-state index in [1.54, 1.807) is 6.33 Å². The SMILES string of the molecule is CCOc1ccccc1C(CC(=O)c1ccccc1)C1C(c2ccccc2OCC)c2ncncc2N1c1ccccc1. The van der Waals surface area contributed by atoms with Crippen molar-refractivity contribution in [2.45, 2.75) is 38.1 Å². The Labute approximate surface area is 253 Å². The summed E-state index contributed by atoms with van der Waals surface area (Å²) in [5.41, 5.74) is 5.53. The normalized spacial score (nSPS) is 16.4. The van der Waals surface area contributed by atoms with Gasteiger partial charge in [-0.05, 0) is 43.7 Å². The maximum atomic E-state index is 14.1. The quantitative estimate of drug-likeness (QED) is 0.150. The summed E-state index contributed by atoms with van der Waals surface area (Å²) in [5.74, 6) is 1.17. The van der Waals surface area contributed by atoms with Crippen molar-refractivity contribution in [3.8, 4) is 11.5 Å². The summed E-state index contributed by atoms with van der Waals surface area (Å²) >= 11 is 0. The standard InChI is InChI=1S/C37H35N3O3/c1-3-42-33-21-13-11-19-28(33)30(23-32(41)26-15-7-5-8-16-26)37-35(29-20-12-14-22-34(29)43-4-2)36-31(24-38-25-39-36)40(37)27-17-9-6-10-18-27/h5-22,24-25,30,35,37H,3-4,23H2,1-2H3. The molecule has 0 spiro atoms. The zero-order chi connectivity index (χ0) is 29.6. The molecule has 0 N–H and O–H groups in total. The number of anilines is 2. The number of ether oxygens (including phenoxy) is 2. The first-order valence-corrected chi connectivity index (χ1v) is 14.9. The summed E-state index contributed by atoms with van der Waals surface area (Å²) in [6.45, 7) is 5.04. The van der Waals surface area contributed by atoms with Crippen LogP contribution < -0.4 is 14.4 Å². The summed E-state index contributed by atoms with van der Waals surface area (Å²) in [6.07, 6.45) is 3.77. The summed E-state index contributed by atoms with van der Waals surface area (Å²) in [7, 11) is 0. The van der Waals surface area contributed by atoms with Gasteiger partial charge in [-0.15, -0.1) is 0 Å². The Hall–Kier alpha value is -4.97. The van der Waals surface area contributed by atoms with Crippen LogP contribution in [0, 0.1) is 0 Å². The molecule has 0 radical (unpaired) electrons. The fourth-order valence-corrected chi connectivity index (χ4v) is 6.33. The Bertz CT molecular complexity index is 1680. The average Bonchev–Trinajstić information content (AvgIpc) is 3.40. The van der Waals surface area contributed by atoms with Crippen LogP contribution in [0.2, 0.25) is 0 Å². The van der Waals surface area contributed by atoms with E-state index in [2.05, 4.69) is 34.1 Å². The lowest BCUT2D eigenvalue weighted by Gasteiger charge is -2.37. The van der Waals surface area contributed by atoms with E-state index in [1.807, 2.05) is 105 Å². The maximum Gasteiger partial charge on any atom is 0.163 e. The summed E-state index contributed by atoms with van der Waals surface area (Å²) in [6, 6.07) is 35.8. The second kappa shape index (κ2) is 12.9. The van der Waals surface area contributed by atoms with Gasteiger partial charge < -0.3 is 14.4 Å². The maximum absolute atomic E-state index is 14.1. The zero-order valence-electron chi connectivity index (χ0n) is 24.5. The van der Waals surface area contributed by atoms with E-state index in [-0.39, 0.29) is 30.1 Å². The minimum atomic E-state index is -0.274. The van der Waals surface area contributed by atoms with Crippen molar-refractivity contribution in [2.24, 2.45) is 0 Å². The minimum absolute atomic E-state index is 0.0730. The van der Waals surface area contributed by atoms with Gasteiger partial charge in [-0.3, -0.25) is 4.79 Å². The van der Waals surface area contributed by atoms with Gasteiger partial charge in [-0.2, -0.15) is 0 Å². The monoisotopic (exact) mass is 569 g/mol. The molecule has 4 aromatic carbocycles. The summed E-state index contributed by atoms with van der Waals surface area (Å²) in [4.78, 5) is 25.7. The van der Waals surface area contributed by atoms with Crippen LogP contribution in [-0.2, 0) is 0 Å². The molecule has 6 heteroatoms. The molecule has 6 nitrogen and oxygen atoms in total. The lowest BCUT2D eigenvalue weighted by atomic mass is 9.76. The van der Waals surface area contributed by atoms with Crippen LogP contribution in [0.15, 0.2) is 122 Å². The molecule has 5 aromatic rings. The van der Waals surface area contributed by atoms with Crippen molar-refractivity contribution in [3.63, 3.8) is 0 Å². The fraction of sp³-hybridized carbons (Fsp3) is 0.216. The number of rotatable bonds is 11. The van der Waals surface area contributed by atoms with E-state index in [0.717, 1.165) is 39.7 Å². The number of fused-ring (bicyclic) bond motifs is 1. The van der Waals surface area contributed by atoms with Gasteiger partial charge in [0.05, 0.1) is 42.8 Å². The van der Waals surface area contributed by atoms with Crippen LogP contribution in [0.1, 0.15) is 59.3 Å². The van der Waals surface area contributed by atoms with Crippen LogP contribution >= 0.6 is 0 Å². The number of nitrogens with zero attached hydrogens (tertiary/aromatic N) is 3. The van der Waals surface area contributed by atoms with E-state index >= 15 is 0 Å². The molecule has 1 aliphatic rings. The first-order valence-electron chi connectivity index (χ1n) is 14.9. The molecule has 1 aromatic heterocycles. The molecule has 0 fully saturated rings. The number of ketones is 1. The van der Waals surface area contributed by atoms with Gasteiger partial charge in [0.1, 0.15) is 17.8 Å². The molecule has 3 unspecified atom stereocenters. The molecule has 0 amide bonds. The molecule has 216 valence electrons. The third-order valence-electron chi connectivity index (χ3n) is 8.04. The Kier molecular flexibility index (Phi) is 8.45. The molecule has 0 saturated carbocycles. The molecule has 6 rings (SSSR count). The molecule has 0 bridgehead atoms. The number of hydrogen-bond donors (Lipinski definition) is 0. The minimum Gasteiger partial charge on any atom is -0.494 e. The van der Waals surface area contributed by atoms with Crippen LogP contribution in [0.4, 0.5) is 11.4 Å². The van der Waals surface area contributed by atoms with E-state index in [1.165, 1.54) is 0 Å². The van der Waals surface area contributed by atoms with E-state index in [4.69, 9.17) is 14.5 Å². The Morgan fingerprint density at radius 3 is 2.16 bits per heavy atom. The van der Waals surface area contributed by atoms with Gasteiger partial charge in [0.15, 0.2) is 5.78 Å². The highest BCUT2D eigenvalue weighted by Crippen LogP contribution is 2.54. The molecule has 3 atom stereocenters. The van der Waals surface area contributed by atoms with Crippen LogP contribution in [0.3, 0.4) is 0 Å². The van der Waals surface area contributed by atoms with Gasteiger partial charge in [-0.25, -0.2) is 9.97 Å². The highest BCUT2D eigenvalue weighted by molar-refractivity contribution is 5.96. The predicted molar refractivity (Wildman–Crippen MR) is 170 cm³/mol. The number of aromatic nitrogens is 2. The number of para-hydroxylation sites is 3. The largest absolute Gasteiger partial charge is 0.494 e. The Morgan fingerprint density at radius 2 is 1.42 bits per heavy atom. The first kappa shape index (κ1) is 28.2. The van der Waals surface area contributed by atoms with Crippen molar-refractivity contribution in [1.29, 1.82) is 0 Å². The number of benzene rings is 4. The highest BCUT2D eigenvalue weighted by atomic mass is 16.5. The second-order valence-corrected chi connectivity index (χ2v) is 10.5. The summed E-state index contributed by atoms with van der Waals surface area (Å²) in [5, 5.41) is 0. The first-order chi connectivity index (χ1) is 21.2. The lowest BCUT2D eigenvalue weighted by molar-refractivity contribution is 0.0968. The van der Waals surface area contributed by atoms with E-state index < -0.39 is 0 Å². The fourth-order valence-electron chi connectivity index (χ4n) is 6.33. The van der Waals surface area contributed by atoms with Crippen molar-refractivity contribution in [2.75, 3.05) is 18.1 Å². The van der Waals surface area contributed by atoms with E-state index in [9.17, 15) is 4.79 Å². The average molecular weight is 570 g/mol. The van der Waals surface area contributed by atoms with Crippen molar-refractivity contribution in [1.82, 2.24) is 9.97 Å². The van der Waals surface area contributed by atoms with E-state index in [0.29, 0.717) is 18.8 Å². The molecule has 1 aliphatic heterocycles. The van der Waals surface area contributed by atoms with Gasteiger partial charge in [-0.1, -0.05) is 84.9 Å². The third-order valence-corrected chi connectivity index (χ3v) is 8.04. The smallest absolute Gasteiger partial charge is 0.163 e. The van der Waals surface area contributed by atoms with Crippen molar-refractivity contribution in [3.05, 3.63) is 144 Å². The lowest BCUT2D eigenvalue weighted by Crippen LogP contribution is -2.38. The van der Waals surface area contributed by atoms with Crippen LogP contribution in [0.25, 0.3) is 0 Å². The predicted octanol–water partition coefficient (Wildman–Crippen LogP) is 7.98.